The Morgan fingerprint density at radius 3 is 2.58 bits per heavy atom. The summed E-state index contributed by atoms with van der Waals surface area (Å²) in [5.41, 5.74) is -1.12. The van der Waals surface area contributed by atoms with Gasteiger partial charge in [0.1, 0.15) is 11.6 Å². The molecule has 1 heterocycles. The second-order valence-electron chi connectivity index (χ2n) is 5.72. The topological polar surface area (TPSA) is 32.3 Å². The molecule has 2 rings (SSSR count). The van der Waals surface area contributed by atoms with Gasteiger partial charge in [0.05, 0.1) is 5.60 Å². The highest BCUT2D eigenvalue weighted by Crippen LogP contribution is 2.25. The van der Waals surface area contributed by atoms with E-state index in [1.54, 1.807) is 6.92 Å². The second-order valence-corrected chi connectivity index (χ2v) is 5.72. The van der Waals surface area contributed by atoms with Gasteiger partial charge in [-0.1, -0.05) is 12.5 Å². The van der Waals surface area contributed by atoms with Gasteiger partial charge in [0.15, 0.2) is 0 Å². The van der Waals surface area contributed by atoms with Gasteiger partial charge < -0.3 is 10.4 Å². The summed E-state index contributed by atoms with van der Waals surface area (Å²) in [7, 11) is 0. The molecule has 2 atom stereocenters. The SMILES string of the molecule is CC(O)(Cc1c(F)cccc1F)CC1CCCCN1. The van der Waals surface area contributed by atoms with E-state index in [4.69, 9.17) is 0 Å². The molecule has 2 nitrogen and oxygen atoms in total. The monoisotopic (exact) mass is 269 g/mol. The molecular weight excluding hydrogens is 248 g/mol. The van der Waals surface area contributed by atoms with Crippen LogP contribution in [0, 0.1) is 11.6 Å². The van der Waals surface area contributed by atoms with Crippen LogP contribution in [0.3, 0.4) is 0 Å². The Morgan fingerprint density at radius 2 is 2.00 bits per heavy atom. The molecule has 0 radical (unpaired) electrons. The lowest BCUT2D eigenvalue weighted by atomic mass is 9.87. The van der Waals surface area contributed by atoms with Crippen LogP contribution in [0.2, 0.25) is 0 Å². The van der Waals surface area contributed by atoms with Crippen molar-refractivity contribution in [1.82, 2.24) is 5.32 Å². The van der Waals surface area contributed by atoms with Crippen molar-refractivity contribution in [3.8, 4) is 0 Å². The lowest BCUT2D eigenvalue weighted by Gasteiger charge is -2.31. The minimum absolute atomic E-state index is 0.00366. The summed E-state index contributed by atoms with van der Waals surface area (Å²) in [6.07, 6.45) is 3.82. The number of hydrogen-bond acceptors (Lipinski definition) is 2. The van der Waals surface area contributed by atoms with Gasteiger partial charge in [0.2, 0.25) is 0 Å². The van der Waals surface area contributed by atoms with Gasteiger partial charge in [-0.05, 0) is 44.9 Å². The van der Waals surface area contributed by atoms with Crippen molar-refractivity contribution in [2.24, 2.45) is 0 Å². The van der Waals surface area contributed by atoms with Crippen LogP contribution in [0.15, 0.2) is 18.2 Å². The number of nitrogens with one attached hydrogen (secondary N) is 1. The van der Waals surface area contributed by atoms with Gasteiger partial charge in [0, 0.05) is 18.0 Å². The second kappa shape index (κ2) is 5.97. The first kappa shape index (κ1) is 14.4. The van der Waals surface area contributed by atoms with E-state index in [1.165, 1.54) is 18.2 Å². The van der Waals surface area contributed by atoms with Crippen molar-refractivity contribution in [3.05, 3.63) is 35.4 Å². The van der Waals surface area contributed by atoms with E-state index in [9.17, 15) is 13.9 Å². The highest BCUT2D eigenvalue weighted by Gasteiger charge is 2.28. The van der Waals surface area contributed by atoms with E-state index < -0.39 is 17.2 Å². The van der Waals surface area contributed by atoms with Gasteiger partial charge in [-0.2, -0.15) is 0 Å². The fraction of sp³-hybridized carbons (Fsp3) is 0.600. The zero-order valence-corrected chi connectivity index (χ0v) is 11.3. The molecule has 4 heteroatoms. The molecule has 1 fully saturated rings. The molecule has 1 aromatic rings. The Balaban J connectivity index is 2.03. The maximum absolute atomic E-state index is 13.6. The fourth-order valence-electron chi connectivity index (χ4n) is 2.78. The molecule has 0 saturated carbocycles. The summed E-state index contributed by atoms with van der Waals surface area (Å²) < 4.78 is 27.2. The molecule has 1 saturated heterocycles. The van der Waals surface area contributed by atoms with Gasteiger partial charge >= 0.3 is 0 Å². The summed E-state index contributed by atoms with van der Waals surface area (Å²) in [6.45, 7) is 2.60. The summed E-state index contributed by atoms with van der Waals surface area (Å²) in [5.74, 6) is -1.17. The molecule has 1 aliphatic rings. The minimum atomic E-state index is -1.10. The van der Waals surface area contributed by atoms with Crippen molar-refractivity contribution in [1.29, 1.82) is 0 Å². The number of benzene rings is 1. The smallest absolute Gasteiger partial charge is 0.129 e. The average Bonchev–Trinajstić information content (AvgIpc) is 2.35. The molecule has 106 valence electrons. The normalized spacial score (nSPS) is 23.1. The molecule has 2 N–H and O–H groups in total. The Morgan fingerprint density at radius 1 is 1.32 bits per heavy atom. The molecule has 0 spiro atoms. The van der Waals surface area contributed by atoms with Gasteiger partial charge in [-0.15, -0.1) is 0 Å². The molecule has 0 amide bonds. The average molecular weight is 269 g/mol. The quantitative estimate of drug-likeness (QED) is 0.881. The molecule has 2 unspecified atom stereocenters. The summed E-state index contributed by atoms with van der Waals surface area (Å²) in [4.78, 5) is 0. The van der Waals surface area contributed by atoms with Crippen LogP contribution < -0.4 is 5.32 Å². The van der Waals surface area contributed by atoms with Gasteiger partial charge in [-0.25, -0.2) is 8.78 Å². The van der Waals surface area contributed by atoms with Crippen LogP contribution in [0.25, 0.3) is 0 Å². The predicted octanol–water partition coefficient (Wildman–Crippen LogP) is 2.79. The van der Waals surface area contributed by atoms with Crippen LogP contribution in [0.5, 0.6) is 0 Å². The number of hydrogen-bond donors (Lipinski definition) is 2. The summed E-state index contributed by atoms with van der Waals surface area (Å²) in [5, 5.41) is 13.7. The van der Waals surface area contributed by atoms with Crippen LogP contribution in [0.1, 0.15) is 38.2 Å². The maximum atomic E-state index is 13.6. The zero-order valence-electron chi connectivity index (χ0n) is 11.3. The van der Waals surface area contributed by atoms with Crippen molar-refractivity contribution < 1.29 is 13.9 Å². The van der Waals surface area contributed by atoms with Crippen LogP contribution in [-0.2, 0) is 6.42 Å². The van der Waals surface area contributed by atoms with Crippen LogP contribution in [0.4, 0.5) is 8.78 Å². The van der Waals surface area contributed by atoms with Crippen LogP contribution >= 0.6 is 0 Å². The van der Waals surface area contributed by atoms with E-state index in [1.807, 2.05) is 0 Å². The van der Waals surface area contributed by atoms with Crippen LogP contribution in [-0.4, -0.2) is 23.3 Å². The van der Waals surface area contributed by atoms with E-state index >= 15 is 0 Å². The fourth-order valence-corrected chi connectivity index (χ4v) is 2.78. The molecule has 1 aliphatic heterocycles. The lowest BCUT2D eigenvalue weighted by molar-refractivity contribution is 0.0355. The number of aliphatic hydroxyl groups is 1. The molecule has 0 aromatic heterocycles. The molecule has 1 aromatic carbocycles. The highest BCUT2D eigenvalue weighted by atomic mass is 19.1. The predicted molar refractivity (Wildman–Crippen MR) is 70.9 cm³/mol. The third kappa shape index (κ3) is 3.98. The standard InChI is InChI=1S/C15H21F2NO/c1-15(19,9-11-5-2-3-8-18-11)10-12-13(16)6-4-7-14(12)17/h4,6-7,11,18-19H,2-3,5,8-10H2,1H3. The van der Waals surface area contributed by atoms with Crippen molar-refractivity contribution in [3.63, 3.8) is 0 Å². The summed E-state index contributed by atoms with van der Waals surface area (Å²) >= 11 is 0. The molecular formula is C15H21F2NO. The Bertz CT molecular complexity index is 408. The van der Waals surface area contributed by atoms with E-state index in [0.717, 1.165) is 25.8 Å². The Labute approximate surface area is 112 Å². The number of piperidine rings is 1. The van der Waals surface area contributed by atoms with Gasteiger partial charge in [-0.3, -0.25) is 0 Å². The van der Waals surface area contributed by atoms with E-state index in [-0.39, 0.29) is 18.0 Å². The number of halogens is 2. The first-order chi connectivity index (χ1) is 8.98. The third-order valence-corrected chi connectivity index (χ3v) is 3.72. The first-order valence-corrected chi connectivity index (χ1v) is 6.86. The molecule has 19 heavy (non-hydrogen) atoms. The van der Waals surface area contributed by atoms with Crippen molar-refractivity contribution in [2.45, 2.75) is 50.7 Å². The third-order valence-electron chi connectivity index (χ3n) is 3.72. The van der Waals surface area contributed by atoms with E-state index in [2.05, 4.69) is 5.32 Å². The van der Waals surface area contributed by atoms with Crippen molar-refractivity contribution >= 4 is 0 Å². The molecule has 0 bridgehead atoms. The minimum Gasteiger partial charge on any atom is -0.390 e. The first-order valence-electron chi connectivity index (χ1n) is 6.86. The Kier molecular flexibility index (Phi) is 4.53. The maximum Gasteiger partial charge on any atom is 0.129 e. The molecule has 0 aliphatic carbocycles. The zero-order chi connectivity index (χ0) is 13.9. The van der Waals surface area contributed by atoms with Crippen molar-refractivity contribution in [2.75, 3.05) is 6.54 Å². The Hall–Kier alpha value is -1.00. The van der Waals surface area contributed by atoms with Gasteiger partial charge in [0.25, 0.3) is 0 Å². The highest BCUT2D eigenvalue weighted by molar-refractivity contribution is 5.21. The summed E-state index contributed by atoms with van der Waals surface area (Å²) in [6, 6.07) is 4.03. The number of rotatable bonds is 4. The van der Waals surface area contributed by atoms with E-state index in [0.29, 0.717) is 6.42 Å². The largest absolute Gasteiger partial charge is 0.390 e. The lowest BCUT2D eigenvalue weighted by Crippen LogP contribution is -2.42.